The number of nitrogens with zero attached hydrogens (tertiary/aromatic N) is 1. The molecule has 0 unspecified atom stereocenters. The zero-order valence-corrected chi connectivity index (χ0v) is 20.7. The number of hydrogen-bond acceptors (Lipinski definition) is 6. The molecule has 1 heterocycles. The third-order valence-electron chi connectivity index (χ3n) is 4.07. The predicted molar refractivity (Wildman–Crippen MR) is 131 cm³/mol. The molecule has 0 bridgehead atoms. The molecular formula is C22H20ClF3N4O6S. The summed E-state index contributed by atoms with van der Waals surface area (Å²) in [5, 5.41) is 6.83. The molecule has 0 spiro atoms. The number of hydrogen-bond donors (Lipinski definition) is 4. The van der Waals surface area contributed by atoms with Gasteiger partial charge in [0.25, 0.3) is 16.0 Å². The fourth-order valence-electron chi connectivity index (χ4n) is 2.58. The van der Waals surface area contributed by atoms with Crippen LogP contribution in [0.25, 0.3) is 0 Å². The third kappa shape index (κ3) is 10.3. The van der Waals surface area contributed by atoms with Crippen LogP contribution in [0.1, 0.15) is 16.1 Å². The van der Waals surface area contributed by atoms with E-state index < -0.39 is 32.9 Å². The maximum atomic E-state index is 12.9. The summed E-state index contributed by atoms with van der Waals surface area (Å²) < 4.78 is 70.3. The van der Waals surface area contributed by atoms with E-state index in [0.717, 1.165) is 12.1 Å². The minimum atomic E-state index is -4.64. The van der Waals surface area contributed by atoms with Gasteiger partial charge in [-0.25, -0.2) is 4.79 Å². The van der Waals surface area contributed by atoms with E-state index in [0.29, 0.717) is 23.4 Å². The van der Waals surface area contributed by atoms with E-state index in [9.17, 15) is 31.2 Å². The van der Waals surface area contributed by atoms with E-state index in [1.165, 1.54) is 25.4 Å². The summed E-state index contributed by atoms with van der Waals surface area (Å²) in [5.41, 5.74) is -0.547. The van der Waals surface area contributed by atoms with Gasteiger partial charge in [-0.05, 0) is 48.5 Å². The molecule has 0 aliphatic carbocycles. The van der Waals surface area contributed by atoms with Gasteiger partial charge in [-0.15, -0.1) is 0 Å². The Hall–Kier alpha value is -3.88. The number of amides is 3. The number of anilines is 2. The summed E-state index contributed by atoms with van der Waals surface area (Å²) in [6.45, 7) is 0. The number of pyridine rings is 1. The second kappa shape index (κ2) is 12.4. The van der Waals surface area contributed by atoms with Crippen molar-refractivity contribution in [1.29, 1.82) is 0 Å². The van der Waals surface area contributed by atoms with Gasteiger partial charge in [0.1, 0.15) is 17.2 Å². The number of ether oxygens (including phenoxy) is 1. The van der Waals surface area contributed by atoms with E-state index >= 15 is 0 Å². The molecule has 2 aromatic carbocycles. The van der Waals surface area contributed by atoms with Crippen LogP contribution in [-0.4, -0.2) is 43.2 Å². The van der Waals surface area contributed by atoms with E-state index in [1.807, 2.05) is 0 Å². The fourth-order valence-corrected chi connectivity index (χ4v) is 2.81. The van der Waals surface area contributed by atoms with Crippen molar-refractivity contribution in [2.75, 3.05) is 23.9 Å². The largest absolute Gasteiger partial charge is 0.457 e. The normalized spacial score (nSPS) is 11.0. The molecule has 1 aromatic heterocycles. The van der Waals surface area contributed by atoms with Crippen molar-refractivity contribution in [2.24, 2.45) is 0 Å². The Balaban J connectivity index is 0.000000877. The van der Waals surface area contributed by atoms with Gasteiger partial charge in [0.15, 0.2) is 0 Å². The molecule has 198 valence electrons. The lowest BCUT2D eigenvalue weighted by Crippen LogP contribution is -2.19. The average molecular weight is 561 g/mol. The van der Waals surface area contributed by atoms with Crippen LogP contribution >= 0.6 is 11.6 Å². The summed E-state index contributed by atoms with van der Waals surface area (Å²) in [4.78, 5) is 27.7. The average Bonchev–Trinajstić information content (AvgIpc) is 2.79. The van der Waals surface area contributed by atoms with Crippen LogP contribution in [0.15, 0.2) is 60.8 Å². The molecule has 10 nitrogen and oxygen atoms in total. The molecule has 3 rings (SSSR count). The van der Waals surface area contributed by atoms with Crippen molar-refractivity contribution in [3.8, 4) is 11.5 Å². The Labute approximate surface area is 214 Å². The number of halogens is 4. The maximum absolute atomic E-state index is 12.9. The van der Waals surface area contributed by atoms with Crippen LogP contribution in [0.5, 0.6) is 11.5 Å². The van der Waals surface area contributed by atoms with E-state index in [2.05, 4.69) is 20.9 Å². The van der Waals surface area contributed by atoms with Crippen LogP contribution in [-0.2, 0) is 16.3 Å². The molecule has 3 aromatic rings. The number of rotatable bonds is 5. The lowest BCUT2D eigenvalue weighted by Gasteiger charge is -2.12. The number of nitrogens with one attached hydrogen (secondary N) is 3. The van der Waals surface area contributed by atoms with Crippen molar-refractivity contribution in [1.82, 2.24) is 10.3 Å². The van der Waals surface area contributed by atoms with E-state index in [-0.39, 0.29) is 17.3 Å². The molecular weight excluding hydrogens is 541 g/mol. The predicted octanol–water partition coefficient (Wildman–Crippen LogP) is 5.05. The molecule has 37 heavy (non-hydrogen) atoms. The number of benzene rings is 2. The number of carbonyl (C=O) groups excluding carboxylic acids is 2. The van der Waals surface area contributed by atoms with Crippen LogP contribution in [0.3, 0.4) is 0 Å². The standard InChI is InChI=1S/C21H16ClF3N4O3.CH4O3S/c1-26-19(30)18-11-15(8-9-27-18)32-14-5-2-12(3-6-14)28-20(31)29-13-4-7-17(22)16(10-13)21(23,24)25;1-5(2,3)4/h2-11H,1H3,(H,26,30)(H2,28,29,31);1H3,(H,2,3,4). The summed E-state index contributed by atoms with van der Waals surface area (Å²) >= 11 is 5.57. The van der Waals surface area contributed by atoms with Crippen molar-refractivity contribution in [3.63, 3.8) is 0 Å². The minimum Gasteiger partial charge on any atom is -0.457 e. The van der Waals surface area contributed by atoms with Gasteiger partial charge in [0.05, 0.1) is 16.8 Å². The first-order valence-electron chi connectivity index (χ1n) is 9.99. The monoisotopic (exact) mass is 560 g/mol. The lowest BCUT2D eigenvalue weighted by atomic mass is 10.2. The molecule has 0 saturated heterocycles. The van der Waals surface area contributed by atoms with Crippen LogP contribution in [0.4, 0.5) is 29.3 Å². The molecule has 0 saturated carbocycles. The highest BCUT2D eigenvalue weighted by molar-refractivity contribution is 7.85. The number of carbonyl (C=O) groups is 2. The summed E-state index contributed by atoms with van der Waals surface area (Å²) in [7, 11) is -2.18. The SMILES string of the molecule is CNC(=O)c1cc(Oc2ccc(NC(=O)Nc3ccc(Cl)c(C(F)(F)F)c3)cc2)ccn1.CS(=O)(=O)O. The van der Waals surface area contributed by atoms with E-state index in [1.54, 1.807) is 30.3 Å². The Morgan fingerprint density at radius 3 is 2.11 bits per heavy atom. The molecule has 0 aliphatic rings. The van der Waals surface area contributed by atoms with Gasteiger partial charge in [-0.2, -0.15) is 21.6 Å². The fraction of sp³-hybridized carbons (Fsp3) is 0.136. The molecule has 0 fully saturated rings. The van der Waals surface area contributed by atoms with Crippen molar-refractivity contribution >= 4 is 45.0 Å². The summed E-state index contributed by atoms with van der Waals surface area (Å²) in [6.07, 6.45) is -2.49. The highest BCUT2D eigenvalue weighted by atomic mass is 35.5. The number of aromatic nitrogens is 1. The molecule has 0 aliphatic heterocycles. The molecule has 0 atom stereocenters. The Morgan fingerprint density at radius 2 is 1.54 bits per heavy atom. The first-order chi connectivity index (χ1) is 17.2. The Kier molecular flexibility index (Phi) is 9.82. The quantitative estimate of drug-likeness (QED) is 0.319. The van der Waals surface area contributed by atoms with Gasteiger partial charge < -0.3 is 20.7 Å². The summed E-state index contributed by atoms with van der Waals surface area (Å²) in [5.74, 6) is 0.460. The summed E-state index contributed by atoms with van der Waals surface area (Å²) in [6, 6.07) is 11.6. The zero-order chi connectivity index (χ0) is 27.8. The maximum Gasteiger partial charge on any atom is 0.417 e. The van der Waals surface area contributed by atoms with Crippen LogP contribution < -0.4 is 20.7 Å². The van der Waals surface area contributed by atoms with Crippen molar-refractivity contribution in [3.05, 3.63) is 77.1 Å². The van der Waals surface area contributed by atoms with Crippen LogP contribution in [0.2, 0.25) is 5.02 Å². The highest BCUT2D eigenvalue weighted by Gasteiger charge is 2.33. The zero-order valence-electron chi connectivity index (χ0n) is 19.1. The first kappa shape index (κ1) is 29.4. The number of urea groups is 1. The second-order valence-electron chi connectivity index (χ2n) is 7.09. The molecule has 4 N–H and O–H groups in total. The smallest absolute Gasteiger partial charge is 0.417 e. The van der Waals surface area contributed by atoms with Gasteiger partial charge in [-0.3, -0.25) is 14.3 Å². The Bertz CT molecular complexity index is 1360. The van der Waals surface area contributed by atoms with Gasteiger partial charge >= 0.3 is 12.2 Å². The van der Waals surface area contributed by atoms with Gasteiger partial charge in [-0.1, -0.05) is 11.6 Å². The molecule has 15 heteroatoms. The topological polar surface area (TPSA) is 147 Å². The highest BCUT2D eigenvalue weighted by Crippen LogP contribution is 2.36. The lowest BCUT2D eigenvalue weighted by molar-refractivity contribution is -0.137. The van der Waals surface area contributed by atoms with Crippen LogP contribution in [0, 0.1) is 0 Å². The van der Waals surface area contributed by atoms with Crippen molar-refractivity contribution in [2.45, 2.75) is 6.18 Å². The second-order valence-corrected chi connectivity index (χ2v) is 8.96. The molecule has 3 amide bonds. The van der Waals surface area contributed by atoms with Gasteiger partial charge in [0, 0.05) is 30.7 Å². The third-order valence-corrected chi connectivity index (χ3v) is 4.40. The van der Waals surface area contributed by atoms with Crippen molar-refractivity contribution < 1.29 is 40.5 Å². The minimum absolute atomic E-state index is 0.0659. The molecule has 0 radical (unpaired) electrons. The van der Waals surface area contributed by atoms with Gasteiger partial charge in [0.2, 0.25) is 0 Å². The number of alkyl halides is 3. The van der Waals surface area contributed by atoms with E-state index in [4.69, 9.17) is 20.9 Å². The Morgan fingerprint density at radius 1 is 0.973 bits per heavy atom. The first-order valence-corrected chi connectivity index (χ1v) is 12.2.